The summed E-state index contributed by atoms with van der Waals surface area (Å²) in [6, 6.07) is 14.5. The van der Waals surface area contributed by atoms with Gasteiger partial charge >= 0.3 is 11.9 Å². The molecule has 0 aliphatic heterocycles. The van der Waals surface area contributed by atoms with Crippen molar-refractivity contribution in [3.8, 4) is 34.3 Å². The van der Waals surface area contributed by atoms with Crippen molar-refractivity contribution < 1.29 is 19.1 Å². The maximum absolute atomic E-state index is 13.4. The molecule has 0 unspecified atom stereocenters. The van der Waals surface area contributed by atoms with Crippen LogP contribution in [0.1, 0.15) is 153 Å². The summed E-state index contributed by atoms with van der Waals surface area (Å²) in [6.07, 6.45) is 33.3. The maximum atomic E-state index is 13.4. The fourth-order valence-corrected chi connectivity index (χ4v) is 7.61. The number of rotatable bonds is 24. The fraction of sp³-hybridized carbons (Fsp3) is 0.542. The molecule has 56 heavy (non-hydrogen) atoms. The number of carbonyl (C=O) groups excluding carboxylic acids is 2. The third kappa shape index (κ3) is 14.2. The molecule has 8 heteroatoms. The minimum absolute atomic E-state index is 0.403. The smallest absolute Gasteiger partial charge is 0.315 e. The third-order valence-corrected chi connectivity index (χ3v) is 11.1. The van der Waals surface area contributed by atoms with Crippen molar-refractivity contribution >= 4 is 11.9 Å². The molecule has 2 atom stereocenters. The fourth-order valence-electron chi connectivity index (χ4n) is 7.61. The normalized spacial score (nSPS) is 15.4. The van der Waals surface area contributed by atoms with Crippen LogP contribution in [0, 0.1) is 11.8 Å². The summed E-state index contributed by atoms with van der Waals surface area (Å²) in [7, 11) is 0. The predicted molar refractivity (Wildman–Crippen MR) is 224 cm³/mol. The van der Waals surface area contributed by atoms with Gasteiger partial charge < -0.3 is 9.47 Å². The lowest BCUT2D eigenvalue weighted by atomic mass is 9.79. The van der Waals surface area contributed by atoms with Gasteiger partial charge in [-0.15, -0.1) is 0 Å². The predicted octanol–water partition coefficient (Wildman–Crippen LogP) is 12.3. The molecule has 0 amide bonds. The number of unbranched alkanes of at least 4 members (excludes halogenated alkanes) is 14. The lowest BCUT2D eigenvalue weighted by molar-refractivity contribution is -0.152. The van der Waals surface area contributed by atoms with Crippen LogP contribution in [0.3, 0.4) is 0 Å². The van der Waals surface area contributed by atoms with Crippen molar-refractivity contribution in [3.63, 3.8) is 0 Å². The zero-order chi connectivity index (χ0) is 39.2. The van der Waals surface area contributed by atoms with E-state index < -0.39 is 23.8 Å². The molecule has 2 aromatic heterocycles. The maximum Gasteiger partial charge on any atom is 0.315 e. The molecule has 1 saturated carbocycles. The van der Waals surface area contributed by atoms with Gasteiger partial charge in [0.2, 0.25) is 0 Å². The van der Waals surface area contributed by atoms with Gasteiger partial charge in [-0.05, 0) is 98.2 Å². The summed E-state index contributed by atoms with van der Waals surface area (Å²) in [6.45, 7) is 4.51. The SMILES string of the molecule is CCCCCCCCCCc1cnc(-c2ccc(OC(=O)[C@@H]3CCCC[C@H]3C(=O)Oc3ccc(-c4ncc(CCCCCCCCCC)cn4)cc3)cc2)nc1. The monoisotopic (exact) mass is 760 g/mol. The molecule has 0 saturated heterocycles. The Balaban J connectivity index is 1.05. The molecular formula is C48H64N4O4. The molecule has 0 N–H and O–H groups in total. The molecule has 300 valence electrons. The number of hydrogen-bond donors (Lipinski definition) is 0. The molecule has 4 aromatic rings. The quantitative estimate of drug-likeness (QED) is 0.0395. The Morgan fingerprint density at radius 2 is 0.804 bits per heavy atom. The van der Waals surface area contributed by atoms with Crippen LogP contribution in [0.15, 0.2) is 73.3 Å². The molecule has 5 rings (SSSR count). The Morgan fingerprint density at radius 3 is 1.14 bits per heavy atom. The van der Waals surface area contributed by atoms with E-state index in [2.05, 4.69) is 33.8 Å². The topological polar surface area (TPSA) is 104 Å². The van der Waals surface area contributed by atoms with Crippen LogP contribution in [0.25, 0.3) is 22.8 Å². The lowest BCUT2D eigenvalue weighted by Crippen LogP contribution is -2.37. The third-order valence-electron chi connectivity index (χ3n) is 11.1. The summed E-state index contributed by atoms with van der Waals surface area (Å²) < 4.78 is 11.6. The Morgan fingerprint density at radius 1 is 0.482 bits per heavy atom. The van der Waals surface area contributed by atoms with Gasteiger partial charge in [-0.3, -0.25) is 9.59 Å². The number of hydrogen-bond acceptors (Lipinski definition) is 8. The van der Waals surface area contributed by atoms with E-state index in [-0.39, 0.29) is 0 Å². The highest BCUT2D eigenvalue weighted by Gasteiger charge is 2.38. The molecule has 2 heterocycles. The van der Waals surface area contributed by atoms with Gasteiger partial charge in [-0.2, -0.15) is 0 Å². The summed E-state index contributed by atoms with van der Waals surface area (Å²) in [5.41, 5.74) is 4.02. The van der Waals surface area contributed by atoms with E-state index in [0.717, 1.165) is 60.8 Å². The van der Waals surface area contributed by atoms with Gasteiger partial charge in [0.25, 0.3) is 0 Å². The number of esters is 2. The second kappa shape index (κ2) is 24.2. The van der Waals surface area contributed by atoms with Gasteiger partial charge in [0.1, 0.15) is 11.5 Å². The molecule has 0 spiro atoms. The second-order valence-electron chi connectivity index (χ2n) is 15.7. The van der Waals surface area contributed by atoms with Gasteiger partial charge in [-0.25, -0.2) is 19.9 Å². The van der Waals surface area contributed by atoms with Crippen molar-refractivity contribution in [1.82, 2.24) is 19.9 Å². The first-order valence-electron chi connectivity index (χ1n) is 21.8. The average Bonchev–Trinajstić information content (AvgIpc) is 3.24. The largest absolute Gasteiger partial charge is 0.426 e. The highest BCUT2D eigenvalue weighted by atomic mass is 16.5. The summed E-state index contributed by atoms with van der Waals surface area (Å²) >= 11 is 0. The number of aryl methyl sites for hydroxylation is 2. The molecule has 1 aliphatic rings. The Kier molecular flexibility index (Phi) is 18.5. The van der Waals surface area contributed by atoms with Crippen LogP contribution in [0.2, 0.25) is 0 Å². The van der Waals surface area contributed by atoms with Gasteiger partial charge in [0.05, 0.1) is 11.8 Å². The number of nitrogens with zero attached hydrogens (tertiary/aromatic N) is 4. The summed E-state index contributed by atoms with van der Waals surface area (Å²) in [4.78, 5) is 45.2. The standard InChI is InChI=1S/C48H64N4O4/c1-3-5-7-9-11-13-15-17-21-37-33-49-45(50-34-37)39-25-29-41(30-26-39)55-47(53)43-23-19-20-24-44(43)48(54)56-42-31-27-40(28-32-42)46-51-35-38(36-52-46)22-18-16-14-12-10-8-6-4-2/h25-36,43-44H,3-24H2,1-2H3/t43-,44-/m1/s1. The van der Waals surface area contributed by atoms with Crippen LogP contribution in [0.4, 0.5) is 0 Å². The van der Waals surface area contributed by atoms with Gasteiger partial charge in [-0.1, -0.05) is 117 Å². The Labute approximate surface area is 335 Å². The number of ether oxygens (including phenoxy) is 2. The Hall–Kier alpha value is -4.46. The first kappa shape index (κ1) is 42.7. The van der Waals surface area contributed by atoms with Crippen LogP contribution in [0.5, 0.6) is 11.5 Å². The summed E-state index contributed by atoms with van der Waals surface area (Å²) in [5, 5.41) is 0. The molecule has 0 bridgehead atoms. The van der Waals surface area contributed by atoms with Crippen molar-refractivity contribution in [3.05, 3.63) is 84.4 Å². The van der Waals surface area contributed by atoms with Crippen molar-refractivity contribution in [2.75, 3.05) is 0 Å². The van der Waals surface area contributed by atoms with E-state index in [4.69, 9.17) is 9.47 Å². The van der Waals surface area contributed by atoms with E-state index in [1.807, 2.05) is 49.1 Å². The number of benzene rings is 2. The van der Waals surface area contributed by atoms with E-state index in [0.29, 0.717) is 36.0 Å². The van der Waals surface area contributed by atoms with E-state index in [9.17, 15) is 9.59 Å². The van der Waals surface area contributed by atoms with E-state index in [1.165, 1.54) is 89.9 Å². The molecule has 1 aliphatic carbocycles. The average molecular weight is 761 g/mol. The lowest BCUT2D eigenvalue weighted by Gasteiger charge is -2.28. The minimum Gasteiger partial charge on any atom is -0.426 e. The van der Waals surface area contributed by atoms with Crippen molar-refractivity contribution in [2.24, 2.45) is 11.8 Å². The second-order valence-corrected chi connectivity index (χ2v) is 15.7. The zero-order valence-electron chi connectivity index (χ0n) is 34.1. The van der Waals surface area contributed by atoms with Crippen LogP contribution < -0.4 is 9.47 Å². The highest BCUT2D eigenvalue weighted by molar-refractivity contribution is 5.84. The zero-order valence-corrected chi connectivity index (χ0v) is 34.1. The van der Waals surface area contributed by atoms with Crippen molar-refractivity contribution in [1.29, 1.82) is 0 Å². The molecule has 1 fully saturated rings. The first-order valence-corrected chi connectivity index (χ1v) is 21.8. The van der Waals surface area contributed by atoms with Crippen LogP contribution in [-0.4, -0.2) is 31.9 Å². The Bertz CT molecular complexity index is 1580. The van der Waals surface area contributed by atoms with Crippen molar-refractivity contribution in [2.45, 2.75) is 155 Å². The van der Waals surface area contributed by atoms with Gasteiger partial charge in [0, 0.05) is 35.9 Å². The highest BCUT2D eigenvalue weighted by Crippen LogP contribution is 2.33. The number of carbonyl (C=O) groups is 2. The van der Waals surface area contributed by atoms with Crippen LogP contribution in [-0.2, 0) is 22.4 Å². The van der Waals surface area contributed by atoms with Crippen LogP contribution >= 0.6 is 0 Å². The summed E-state index contributed by atoms with van der Waals surface area (Å²) in [5.74, 6) is 0.206. The van der Waals surface area contributed by atoms with E-state index in [1.54, 1.807) is 24.3 Å². The minimum atomic E-state index is -0.565. The first-order chi connectivity index (χ1) is 27.5. The molecular weight excluding hydrogens is 697 g/mol. The molecule has 8 nitrogen and oxygen atoms in total. The number of aromatic nitrogens is 4. The molecule has 2 aromatic carbocycles. The molecule has 0 radical (unpaired) electrons. The van der Waals surface area contributed by atoms with Gasteiger partial charge in [0.15, 0.2) is 11.6 Å². The van der Waals surface area contributed by atoms with E-state index >= 15 is 0 Å².